The van der Waals surface area contributed by atoms with Crippen LogP contribution in [0.15, 0.2) is 151 Å². The largest absolute Gasteiger partial charge is 0.314 e. The number of benzene rings is 6. The van der Waals surface area contributed by atoms with E-state index in [9.17, 15) is 0 Å². The summed E-state index contributed by atoms with van der Waals surface area (Å²) < 4.78 is 3.99. The third-order valence-corrected chi connectivity index (χ3v) is 11.6. The van der Waals surface area contributed by atoms with Gasteiger partial charge in [-0.15, -0.1) is 22.7 Å². The molecule has 2 heterocycles. The summed E-state index contributed by atoms with van der Waals surface area (Å²) in [6.45, 7) is 2.28. The molecule has 226 valence electrons. The van der Waals surface area contributed by atoms with Gasteiger partial charge in [0.1, 0.15) is 0 Å². The van der Waals surface area contributed by atoms with E-state index >= 15 is 0 Å². The molecule has 1 aliphatic rings. The van der Waals surface area contributed by atoms with Crippen LogP contribution in [0.4, 0.5) is 28.4 Å². The molecule has 8 aromatic rings. The minimum Gasteiger partial charge on any atom is -0.314 e. The Morgan fingerprint density at radius 1 is 0.468 bits per heavy atom. The monoisotopic (exact) mass is 640 g/mol. The number of rotatable bonds is 6. The zero-order chi connectivity index (χ0) is 31.3. The quantitative estimate of drug-likeness (QED) is 0.178. The van der Waals surface area contributed by atoms with Gasteiger partial charge >= 0.3 is 0 Å². The van der Waals surface area contributed by atoms with Gasteiger partial charge in [-0.3, -0.25) is 0 Å². The van der Waals surface area contributed by atoms with Crippen molar-refractivity contribution in [2.75, 3.05) is 9.80 Å². The molecule has 0 aliphatic heterocycles. The Morgan fingerprint density at radius 2 is 1.06 bits per heavy atom. The van der Waals surface area contributed by atoms with E-state index in [1.807, 2.05) is 22.7 Å². The molecule has 1 aliphatic carbocycles. The number of fused-ring (bicyclic) bond motifs is 6. The average Bonchev–Trinajstić information content (AvgIpc) is 3.68. The van der Waals surface area contributed by atoms with Crippen LogP contribution in [0.2, 0.25) is 0 Å². The fraction of sp³-hybridized carbons (Fsp3) is 0.0698. The minimum absolute atomic E-state index is 1.00. The minimum atomic E-state index is 1.00. The molecule has 9 rings (SSSR count). The highest BCUT2D eigenvalue weighted by Crippen LogP contribution is 2.46. The number of thiophene rings is 2. The van der Waals surface area contributed by atoms with Crippen LogP contribution in [-0.4, -0.2) is 0 Å². The molecule has 2 aromatic heterocycles. The zero-order valence-electron chi connectivity index (χ0n) is 26.1. The molecule has 0 saturated carbocycles. The van der Waals surface area contributed by atoms with Crippen LogP contribution in [0, 0.1) is 6.92 Å². The molecule has 0 N–H and O–H groups in total. The predicted octanol–water partition coefficient (Wildman–Crippen LogP) is 13.2. The second-order valence-electron chi connectivity index (χ2n) is 12.2. The number of nitrogens with zero attached hydrogens (tertiary/aromatic N) is 2. The maximum absolute atomic E-state index is 2.45. The lowest BCUT2D eigenvalue weighted by molar-refractivity contribution is 0.911. The maximum Gasteiger partial charge on any atom is 0.0478 e. The molecule has 0 fully saturated rings. The molecule has 0 bridgehead atoms. The summed E-state index contributed by atoms with van der Waals surface area (Å²) in [7, 11) is 0. The summed E-state index contributed by atoms with van der Waals surface area (Å²) in [6, 6.07) is 52.8. The highest BCUT2D eigenvalue weighted by molar-refractivity contribution is 7.25. The first-order valence-corrected chi connectivity index (χ1v) is 17.8. The maximum atomic E-state index is 2.45. The number of anilines is 5. The van der Waals surface area contributed by atoms with Crippen LogP contribution in [0.25, 0.3) is 36.3 Å². The van der Waals surface area contributed by atoms with Crippen LogP contribution in [0.1, 0.15) is 22.4 Å². The second-order valence-corrected chi connectivity index (χ2v) is 14.4. The van der Waals surface area contributed by atoms with Crippen LogP contribution in [0.5, 0.6) is 0 Å². The number of hydrogen-bond donors (Lipinski definition) is 0. The SMILES string of the molecule is Cc1cc(N(c2ccccc2)c2ccc3c(c2)sc2ccccc23)cc2sc3c(c12)C=C(N(c1ccccc1)c1ccccc1)CC3. The molecule has 0 atom stereocenters. The normalized spacial score (nSPS) is 12.7. The highest BCUT2D eigenvalue weighted by atomic mass is 32.1. The van der Waals surface area contributed by atoms with Crippen molar-refractivity contribution in [2.45, 2.75) is 19.8 Å². The van der Waals surface area contributed by atoms with E-state index in [-0.39, 0.29) is 0 Å². The first-order valence-electron chi connectivity index (χ1n) is 16.1. The Hall–Kier alpha value is -5.16. The lowest BCUT2D eigenvalue weighted by Gasteiger charge is -2.30. The molecule has 0 spiro atoms. The van der Waals surface area contributed by atoms with Crippen LogP contribution in [0.3, 0.4) is 0 Å². The van der Waals surface area contributed by atoms with E-state index in [0.717, 1.165) is 18.5 Å². The van der Waals surface area contributed by atoms with Gasteiger partial charge in [-0.05, 0) is 104 Å². The van der Waals surface area contributed by atoms with Gasteiger partial charge in [0, 0.05) is 69.3 Å². The van der Waals surface area contributed by atoms with E-state index in [1.54, 1.807) is 0 Å². The van der Waals surface area contributed by atoms with Gasteiger partial charge in [-0.1, -0.05) is 78.9 Å². The number of aryl methyl sites for hydroxylation is 2. The summed E-state index contributed by atoms with van der Waals surface area (Å²) in [5.74, 6) is 0. The molecular weight excluding hydrogens is 609 g/mol. The Kier molecular flexibility index (Phi) is 6.92. The Labute approximate surface area is 283 Å². The third-order valence-electron chi connectivity index (χ3n) is 9.22. The number of hydrogen-bond acceptors (Lipinski definition) is 4. The molecule has 0 unspecified atom stereocenters. The van der Waals surface area contributed by atoms with E-state index < -0.39 is 0 Å². The van der Waals surface area contributed by atoms with Crippen molar-refractivity contribution in [1.82, 2.24) is 0 Å². The van der Waals surface area contributed by atoms with E-state index in [4.69, 9.17) is 0 Å². The standard InChI is InChI=1S/C43H32N2S2/c1-29-25-35(45(32-17-9-4-10-18-32)34-21-23-37-36-19-11-12-20-39(36)46-41(37)27-34)28-42-43(29)38-26-33(22-24-40(38)47-42)44(30-13-5-2-6-14-30)31-15-7-3-8-16-31/h2-21,23,25-28H,22,24H2,1H3. The van der Waals surface area contributed by atoms with Crippen molar-refractivity contribution in [1.29, 1.82) is 0 Å². The Balaban J connectivity index is 1.18. The molecule has 4 heteroatoms. The summed E-state index contributed by atoms with van der Waals surface area (Å²) in [5.41, 5.74) is 9.95. The smallest absolute Gasteiger partial charge is 0.0478 e. The fourth-order valence-corrected chi connectivity index (χ4v) is 9.56. The first kappa shape index (κ1) is 28.1. The fourth-order valence-electron chi connectivity index (χ4n) is 7.13. The summed E-state index contributed by atoms with van der Waals surface area (Å²) >= 11 is 3.83. The van der Waals surface area contributed by atoms with Crippen LogP contribution < -0.4 is 9.80 Å². The summed E-state index contributed by atoms with van der Waals surface area (Å²) in [6.07, 6.45) is 4.49. The lowest BCUT2D eigenvalue weighted by atomic mass is 9.96. The van der Waals surface area contributed by atoms with Crippen molar-refractivity contribution >= 4 is 87.4 Å². The number of para-hydroxylation sites is 3. The van der Waals surface area contributed by atoms with Gasteiger partial charge in [0.25, 0.3) is 0 Å². The molecular formula is C43H32N2S2. The van der Waals surface area contributed by atoms with Crippen molar-refractivity contribution in [3.8, 4) is 0 Å². The van der Waals surface area contributed by atoms with Crippen molar-refractivity contribution < 1.29 is 0 Å². The average molecular weight is 641 g/mol. The molecule has 6 aromatic carbocycles. The van der Waals surface area contributed by atoms with Crippen molar-refractivity contribution in [2.24, 2.45) is 0 Å². The predicted molar refractivity (Wildman–Crippen MR) is 205 cm³/mol. The topological polar surface area (TPSA) is 6.48 Å². The molecule has 0 radical (unpaired) electrons. The van der Waals surface area contributed by atoms with E-state index in [0.29, 0.717) is 0 Å². The van der Waals surface area contributed by atoms with E-state index in [2.05, 4.69) is 168 Å². The van der Waals surface area contributed by atoms with Gasteiger partial charge in [0.05, 0.1) is 0 Å². The van der Waals surface area contributed by atoms with Crippen LogP contribution >= 0.6 is 22.7 Å². The number of allylic oxidation sites excluding steroid dienone is 1. The summed E-state index contributed by atoms with van der Waals surface area (Å²) in [4.78, 5) is 6.32. The summed E-state index contributed by atoms with van der Waals surface area (Å²) in [5, 5.41) is 4.03. The van der Waals surface area contributed by atoms with Gasteiger partial charge in [-0.2, -0.15) is 0 Å². The lowest BCUT2D eigenvalue weighted by Crippen LogP contribution is -2.18. The molecule has 47 heavy (non-hydrogen) atoms. The van der Waals surface area contributed by atoms with Gasteiger partial charge in [0.2, 0.25) is 0 Å². The van der Waals surface area contributed by atoms with Crippen LogP contribution in [-0.2, 0) is 6.42 Å². The first-order chi connectivity index (χ1) is 23.2. The zero-order valence-corrected chi connectivity index (χ0v) is 27.7. The van der Waals surface area contributed by atoms with Crippen molar-refractivity contribution in [3.05, 3.63) is 167 Å². The molecule has 2 nitrogen and oxygen atoms in total. The Morgan fingerprint density at radius 3 is 1.77 bits per heavy atom. The van der Waals surface area contributed by atoms with Gasteiger partial charge < -0.3 is 9.80 Å². The molecule has 0 amide bonds. The second kappa shape index (κ2) is 11.6. The Bertz CT molecular complexity index is 2380. The highest BCUT2D eigenvalue weighted by Gasteiger charge is 2.24. The van der Waals surface area contributed by atoms with Crippen molar-refractivity contribution in [3.63, 3.8) is 0 Å². The third kappa shape index (κ3) is 4.93. The van der Waals surface area contributed by atoms with Gasteiger partial charge in [-0.25, -0.2) is 0 Å². The molecule has 0 saturated heterocycles. The van der Waals surface area contributed by atoms with E-state index in [1.165, 1.54) is 74.7 Å². The van der Waals surface area contributed by atoms with Gasteiger partial charge in [0.15, 0.2) is 0 Å².